The quantitative estimate of drug-likeness (QED) is 0.301. The smallest absolute Gasteiger partial charge is 0.311 e. The maximum absolute atomic E-state index is 13.5. The monoisotopic (exact) mass is 460 g/mol. The van der Waals surface area contributed by atoms with Gasteiger partial charge in [-0.1, -0.05) is 48.5 Å². The van der Waals surface area contributed by atoms with Gasteiger partial charge in [0.2, 0.25) is 12.1 Å². The van der Waals surface area contributed by atoms with Crippen LogP contribution in [0, 0.1) is 23.3 Å². The summed E-state index contributed by atoms with van der Waals surface area (Å²) in [6, 6.07) is 19.3. The molecule has 1 amide bonds. The van der Waals surface area contributed by atoms with Gasteiger partial charge in [-0.3, -0.25) is 9.59 Å². The molecule has 176 valence electrons. The minimum atomic E-state index is -0.676. The van der Waals surface area contributed by atoms with Crippen LogP contribution in [0.5, 0.6) is 5.75 Å². The Kier molecular flexibility index (Phi) is 7.43. The van der Waals surface area contributed by atoms with Gasteiger partial charge in [-0.05, 0) is 30.5 Å². The van der Waals surface area contributed by atoms with Crippen molar-refractivity contribution in [1.29, 1.82) is 5.26 Å². The summed E-state index contributed by atoms with van der Waals surface area (Å²) in [6.45, 7) is 1.94. The zero-order valence-corrected chi connectivity index (χ0v) is 19.2. The van der Waals surface area contributed by atoms with E-state index in [2.05, 4.69) is 17.1 Å². The summed E-state index contributed by atoms with van der Waals surface area (Å²) in [4.78, 5) is 33.6. The van der Waals surface area contributed by atoms with Crippen LogP contribution in [0.4, 0.5) is 0 Å². The number of carbonyl (C=O) groups is 2. The second kappa shape index (κ2) is 10.8. The Labute approximate surface area is 199 Å². The first-order valence-corrected chi connectivity index (χ1v) is 11.5. The van der Waals surface area contributed by atoms with Gasteiger partial charge in [-0.15, -0.1) is 4.99 Å². The Morgan fingerprint density at radius 1 is 0.941 bits per heavy atom. The van der Waals surface area contributed by atoms with E-state index in [0.29, 0.717) is 37.7 Å². The molecule has 8 nitrogen and oxygen atoms in total. The van der Waals surface area contributed by atoms with Gasteiger partial charge in [-0.2, -0.15) is 5.26 Å². The van der Waals surface area contributed by atoms with Crippen molar-refractivity contribution >= 4 is 17.9 Å². The summed E-state index contributed by atoms with van der Waals surface area (Å²) >= 11 is 0. The highest BCUT2D eigenvalue weighted by Crippen LogP contribution is 2.32. The lowest BCUT2D eigenvalue weighted by atomic mass is 9.84. The maximum Gasteiger partial charge on any atom is 0.311 e. The molecular weight excluding hydrogens is 432 g/mol. The molecule has 0 N–H and O–H groups in total. The third-order valence-electron chi connectivity index (χ3n) is 6.57. The molecule has 2 saturated heterocycles. The number of ether oxygens (including phenoxy) is 2. The number of likely N-dealkylation sites (tertiary alicyclic amines) is 2. The second-order valence-electron chi connectivity index (χ2n) is 8.56. The van der Waals surface area contributed by atoms with Crippen LogP contribution < -0.4 is 4.74 Å². The third-order valence-corrected chi connectivity index (χ3v) is 6.57. The molecule has 2 aromatic rings. The number of methoxy groups -OCH3 is 1. The number of carbonyl (C=O) groups excluding carboxylic acids is 2. The summed E-state index contributed by atoms with van der Waals surface area (Å²) < 4.78 is 10.9. The number of amidine groups is 1. The van der Waals surface area contributed by atoms with Crippen LogP contribution in [-0.4, -0.2) is 61.0 Å². The first kappa shape index (κ1) is 23.3. The number of aliphatic imine (C=N–C) groups is 1. The second-order valence-corrected chi connectivity index (χ2v) is 8.56. The first-order chi connectivity index (χ1) is 16.6. The van der Waals surface area contributed by atoms with E-state index in [1.54, 1.807) is 23.2 Å². The molecule has 2 aromatic carbocycles. The van der Waals surface area contributed by atoms with Gasteiger partial charge in [0.05, 0.1) is 18.9 Å². The summed E-state index contributed by atoms with van der Waals surface area (Å²) in [7, 11) is 1.33. The minimum Gasteiger partial charge on any atom is -0.469 e. The average Bonchev–Trinajstić information content (AvgIpc) is 3.39. The Morgan fingerprint density at radius 2 is 1.62 bits per heavy atom. The van der Waals surface area contributed by atoms with Crippen LogP contribution in [0.2, 0.25) is 0 Å². The molecule has 0 spiro atoms. The normalized spacial score (nSPS) is 22.7. The molecule has 34 heavy (non-hydrogen) atoms. The first-order valence-electron chi connectivity index (χ1n) is 11.5. The van der Waals surface area contributed by atoms with Crippen molar-refractivity contribution in [3.63, 3.8) is 0 Å². The van der Waals surface area contributed by atoms with Gasteiger partial charge in [0.25, 0.3) is 0 Å². The van der Waals surface area contributed by atoms with E-state index in [1.807, 2.05) is 41.3 Å². The molecule has 2 aliphatic heterocycles. The molecule has 2 aliphatic rings. The number of para-hydroxylation sites is 1. The zero-order chi connectivity index (χ0) is 23.9. The summed E-state index contributed by atoms with van der Waals surface area (Å²) in [5, 5.41) is 9.17. The van der Waals surface area contributed by atoms with Gasteiger partial charge < -0.3 is 19.3 Å². The van der Waals surface area contributed by atoms with Crippen LogP contribution in [-0.2, 0) is 14.3 Å². The zero-order valence-electron chi connectivity index (χ0n) is 19.2. The summed E-state index contributed by atoms with van der Waals surface area (Å²) in [5.74, 6) is -0.790. The van der Waals surface area contributed by atoms with Crippen molar-refractivity contribution in [2.24, 2.45) is 16.8 Å². The lowest BCUT2D eigenvalue weighted by Crippen LogP contribution is -2.52. The van der Waals surface area contributed by atoms with Gasteiger partial charge >= 0.3 is 12.0 Å². The molecule has 0 aromatic heterocycles. The van der Waals surface area contributed by atoms with Gasteiger partial charge in [0.15, 0.2) is 0 Å². The Balaban J connectivity index is 1.47. The van der Waals surface area contributed by atoms with Crippen molar-refractivity contribution in [1.82, 2.24) is 9.80 Å². The molecule has 2 fully saturated rings. The number of nitriles is 1. The van der Waals surface area contributed by atoms with Crippen molar-refractivity contribution in [3.05, 3.63) is 66.2 Å². The largest absolute Gasteiger partial charge is 0.469 e. The maximum atomic E-state index is 13.5. The lowest BCUT2D eigenvalue weighted by Gasteiger charge is -2.38. The third kappa shape index (κ3) is 5.20. The summed E-state index contributed by atoms with van der Waals surface area (Å²) in [6.07, 6.45) is 3.11. The van der Waals surface area contributed by atoms with Crippen molar-refractivity contribution in [2.45, 2.75) is 18.8 Å². The standard InChI is InChI=1S/C26H28N4O4/c1-33-25(32)23-17-30(26(28-18-27)34-21-10-6-3-7-11-21)15-13-22(23)24(31)29-14-12-20(16-29)19-8-4-2-5-9-19/h2-11,20,22-23H,12-17H2,1H3/t20-,22-,23-/m0/s1. The van der Waals surface area contributed by atoms with E-state index in [1.165, 1.54) is 12.7 Å². The van der Waals surface area contributed by atoms with Gasteiger partial charge in [-0.25, -0.2) is 0 Å². The van der Waals surface area contributed by atoms with Crippen LogP contribution in [0.15, 0.2) is 65.7 Å². The number of hydrogen-bond donors (Lipinski definition) is 0. The molecule has 0 unspecified atom stereocenters. The average molecular weight is 461 g/mol. The molecule has 0 saturated carbocycles. The number of benzene rings is 2. The predicted octanol–water partition coefficient (Wildman–Crippen LogP) is 3.03. The molecular formula is C26H28N4O4. The fourth-order valence-electron chi connectivity index (χ4n) is 4.80. The van der Waals surface area contributed by atoms with E-state index in [0.717, 1.165) is 6.42 Å². The van der Waals surface area contributed by atoms with E-state index in [9.17, 15) is 14.9 Å². The van der Waals surface area contributed by atoms with Crippen LogP contribution in [0.3, 0.4) is 0 Å². The van der Waals surface area contributed by atoms with Crippen molar-refractivity contribution < 1.29 is 19.1 Å². The number of nitrogens with zero attached hydrogens (tertiary/aromatic N) is 4. The molecule has 4 rings (SSSR count). The van der Waals surface area contributed by atoms with Crippen LogP contribution >= 0.6 is 0 Å². The van der Waals surface area contributed by atoms with Crippen molar-refractivity contribution in [2.75, 3.05) is 33.3 Å². The van der Waals surface area contributed by atoms with E-state index in [-0.39, 0.29) is 18.5 Å². The highest BCUT2D eigenvalue weighted by Gasteiger charge is 2.43. The minimum absolute atomic E-state index is 0.0174. The molecule has 2 heterocycles. The van der Waals surface area contributed by atoms with Crippen LogP contribution in [0.1, 0.15) is 24.3 Å². The Hall–Kier alpha value is -3.86. The van der Waals surface area contributed by atoms with E-state index < -0.39 is 17.8 Å². The van der Waals surface area contributed by atoms with Gasteiger partial charge in [0.1, 0.15) is 5.75 Å². The number of hydrogen-bond acceptors (Lipinski definition) is 6. The number of esters is 1. The molecule has 3 atom stereocenters. The molecule has 0 bridgehead atoms. The topological polar surface area (TPSA) is 95.2 Å². The SMILES string of the molecule is COC(=O)[C@H]1CN(C(=NC#N)Oc2ccccc2)CC[C@@H]1C(=O)N1CC[C@H](c2ccccc2)C1. The molecule has 8 heteroatoms. The number of piperidine rings is 1. The van der Waals surface area contributed by atoms with Crippen molar-refractivity contribution in [3.8, 4) is 11.9 Å². The Bertz CT molecular complexity index is 1070. The Morgan fingerprint density at radius 3 is 2.29 bits per heavy atom. The molecule has 0 aliphatic carbocycles. The summed E-state index contributed by atoms with van der Waals surface area (Å²) in [5.41, 5.74) is 1.23. The highest BCUT2D eigenvalue weighted by atomic mass is 16.5. The van der Waals surface area contributed by atoms with Crippen LogP contribution in [0.25, 0.3) is 0 Å². The predicted molar refractivity (Wildman–Crippen MR) is 126 cm³/mol. The van der Waals surface area contributed by atoms with E-state index in [4.69, 9.17) is 9.47 Å². The van der Waals surface area contributed by atoms with Gasteiger partial charge in [0, 0.05) is 32.1 Å². The number of rotatable bonds is 4. The lowest BCUT2D eigenvalue weighted by molar-refractivity contribution is -0.155. The molecule has 0 radical (unpaired) electrons. The van der Waals surface area contributed by atoms with E-state index >= 15 is 0 Å². The fourth-order valence-corrected chi connectivity index (χ4v) is 4.80. The highest BCUT2D eigenvalue weighted by molar-refractivity contribution is 5.87. The number of amides is 1. The fraction of sp³-hybridized carbons (Fsp3) is 0.385.